The van der Waals surface area contributed by atoms with E-state index in [-0.39, 0.29) is 23.9 Å². The van der Waals surface area contributed by atoms with Gasteiger partial charge in [0.1, 0.15) is 18.3 Å². The highest BCUT2D eigenvalue weighted by atomic mass is 28.4. The molecule has 1 aliphatic heterocycles. The molecule has 4 rings (SSSR count). The molecule has 0 radical (unpaired) electrons. The first kappa shape index (κ1) is 36.3. The molecular weight excluding hydrogens is 631 g/mol. The molecule has 1 fully saturated rings. The lowest BCUT2D eigenvalue weighted by atomic mass is 9.98. The van der Waals surface area contributed by atoms with E-state index in [0.717, 1.165) is 11.1 Å². The predicted molar refractivity (Wildman–Crippen MR) is 173 cm³/mol. The third-order valence-corrected chi connectivity index (χ3v) is 12.7. The summed E-state index contributed by atoms with van der Waals surface area (Å²) in [6.07, 6.45) is -11.9. The fraction of sp³-hybridized carbons (Fsp3) is 0.429. The van der Waals surface area contributed by atoms with E-state index in [9.17, 15) is 18.0 Å². The summed E-state index contributed by atoms with van der Waals surface area (Å²) < 4.78 is 79.7. The van der Waals surface area contributed by atoms with Gasteiger partial charge in [-0.05, 0) is 41.4 Å². The Balaban J connectivity index is 1.82. The number of methoxy groups -OCH3 is 1. The fourth-order valence-corrected chi connectivity index (χ4v) is 5.93. The van der Waals surface area contributed by atoms with E-state index in [2.05, 4.69) is 4.99 Å². The number of para-hydroxylation sites is 1. The average molecular weight is 674 g/mol. The Bertz CT molecular complexity index is 1450. The molecule has 1 aliphatic rings. The molecule has 1 saturated heterocycles. The van der Waals surface area contributed by atoms with E-state index in [1.54, 1.807) is 18.2 Å². The standard InChI is InChI=1S/C35H42F3NO7Si/c1-34(2,3)47(5,6)46-28-27(42-22-24-16-10-7-11-17-24)30(43-23-25-18-12-8-13-19-25)32(44-29(28)31(40)41-4)45-33(35(36,37)38)39-26-20-14-9-15-21-26/h7-21,27-30,32H,22-23H2,1-6H3/t27-,28-,29-,30-,32?/m0/s1. The SMILES string of the molecule is COC(=O)[C@H]1OC(OC(=Nc2ccccc2)C(F)(F)F)[C@@H](OCc2ccccc2)[C@@H](OCc2ccccc2)[C@@H]1O[Si](C)(C)C(C)(C)C. The van der Waals surface area contributed by atoms with Crippen LogP contribution in [-0.4, -0.2) is 64.2 Å². The van der Waals surface area contributed by atoms with E-state index in [4.69, 9.17) is 28.1 Å². The van der Waals surface area contributed by atoms with Gasteiger partial charge in [0.25, 0.3) is 5.90 Å². The smallest absolute Gasteiger partial charge is 0.467 e. The van der Waals surface area contributed by atoms with Gasteiger partial charge in [-0.2, -0.15) is 13.2 Å². The summed E-state index contributed by atoms with van der Waals surface area (Å²) in [4.78, 5) is 17.1. The highest BCUT2D eigenvalue weighted by Crippen LogP contribution is 2.41. The van der Waals surface area contributed by atoms with Gasteiger partial charge in [-0.25, -0.2) is 9.79 Å². The second-order valence-corrected chi connectivity index (χ2v) is 17.4. The van der Waals surface area contributed by atoms with Gasteiger partial charge in [0, 0.05) is 0 Å². The molecule has 0 saturated carbocycles. The Kier molecular flexibility index (Phi) is 12.0. The van der Waals surface area contributed by atoms with Crippen molar-refractivity contribution in [1.82, 2.24) is 0 Å². The van der Waals surface area contributed by atoms with Crippen LogP contribution >= 0.6 is 0 Å². The minimum Gasteiger partial charge on any atom is -0.467 e. The summed E-state index contributed by atoms with van der Waals surface area (Å²) in [5.41, 5.74) is 1.55. The summed E-state index contributed by atoms with van der Waals surface area (Å²) in [6, 6.07) is 25.9. The van der Waals surface area contributed by atoms with Gasteiger partial charge < -0.3 is 28.1 Å². The predicted octanol–water partition coefficient (Wildman–Crippen LogP) is 7.75. The molecule has 47 heavy (non-hydrogen) atoms. The van der Waals surface area contributed by atoms with E-state index >= 15 is 0 Å². The fourth-order valence-electron chi connectivity index (χ4n) is 4.64. The Morgan fingerprint density at radius 3 is 1.74 bits per heavy atom. The van der Waals surface area contributed by atoms with Crippen molar-refractivity contribution in [2.75, 3.05) is 7.11 Å². The van der Waals surface area contributed by atoms with Crippen molar-refractivity contribution in [3.63, 3.8) is 0 Å². The lowest BCUT2D eigenvalue weighted by Gasteiger charge is -2.48. The Hall–Kier alpha value is -3.55. The minimum absolute atomic E-state index is 0.0120. The quantitative estimate of drug-likeness (QED) is 0.0891. The summed E-state index contributed by atoms with van der Waals surface area (Å²) in [6.45, 7) is 10.1. The topological polar surface area (TPSA) is 84.8 Å². The first-order chi connectivity index (χ1) is 22.2. The molecule has 0 bridgehead atoms. The highest BCUT2D eigenvalue weighted by molar-refractivity contribution is 6.74. The monoisotopic (exact) mass is 673 g/mol. The van der Waals surface area contributed by atoms with Crippen LogP contribution in [0, 0.1) is 0 Å². The lowest BCUT2D eigenvalue weighted by molar-refractivity contribution is -0.297. The van der Waals surface area contributed by atoms with Gasteiger partial charge in [-0.3, -0.25) is 0 Å². The van der Waals surface area contributed by atoms with E-state index < -0.39 is 57.1 Å². The molecule has 3 aromatic rings. The number of hydrogen-bond acceptors (Lipinski definition) is 8. The van der Waals surface area contributed by atoms with Gasteiger partial charge in [0.2, 0.25) is 6.29 Å². The Morgan fingerprint density at radius 2 is 1.28 bits per heavy atom. The van der Waals surface area contributed by atoms with Crippen molar-refractivity contribution in [3.8, 4) is 0 Å². The van der Waals surface area contributed by atoms with Crippen LogP contribution in [0.15, 0.2) is 96.0 Å². The van der Waals surface area contributed by atoms with Gasteiger partial charge >= 0.3 is 12.1 Å². The molecule has 0 aliphatic carbocycles. The number of nitrogens with zero attached hydrogens (tertiary/aromatic N) is 1. The number of carbonyl (C=O) groups excluding carboxylic acids is 1. The lowest BCUT2D eigenvalue weighted by Crippen LogP contribution is -2.65. The van der Waals surface area contributed by atoms with Crippen molar-refractivity contribution in [2.24, 2.45) is 4.99 Å². The van der Waals surface area contributed by atoms with Crippen molar-refractivity contribution in [3.05, 3.63) is 102 Å². The number of halogens is 3. The van der Waals surface area contributed by atoms with E-state index in [0.29, 0.717) is 0 Å². The summed E-state index contributed by atoms with van der Waals surface area (Å²) in [5.74, 6) is -2.43. The van der Waals surface area contributed by atoms with Crippen molar-refractivity contribution < 1.29 is 46.1 Å². The zero-order chi connectivity index (χ0) is 34.2. The Labute approximate surface area is 274 Å². The number of ether oxygens (including phenoxy) is 5. The first-order valence-electron chi connectivity index (χ1n) is 15.3. The first-order valence-corrected chi connectivity index (χ1v) is 18.2. The van der Waals surface area contributed by atoms with Gasteiger partial charge in [0.15, 0.2) is 14.4 Å². The molecule has 1 unspecified atom stereocenters. The minimum atomic E-state index is -5.02. The third kappa shape index (κ3) is 9.74. The van der Waals surface area contributed by atoms with Crippen LogP contribution in [0.2, 0.25) is 18.1 Å². The van der Waals surface area contributed by atoms with Crippen LogP contribution in [0.25, 0.3) is 0 Å². The van der Waals surface area contributed by atoms with Crippen molar-refractivity contribution in [1.29, 1.82) is 0 Å². The second kappa shape index (κ2) is 15.6. The van der Waals surface area contributed by atoms with E-state index in [1.807, 2.05) is 94.5 Å². The van der Waals surface area contributed by atoms with Crippen LogP contribution in [0.4, 0.5) is 18.9 Å². The molecule has 3 aromatic carbocycles. The molecule has 12 heteroatoms. The largest absolute Gasteiger partial charge is 0.468 e. The summed E-state index contributed by atoms with van der Waals surface area (Å²) in [7, 11) is -1.49. The maximum Gasteiger partial charge on any atom is 0.468 e. The molecule has 0 aromatic heterocycles. The van der Waals surface area contributed by atoms with Crippen LogP contribution in [0.1, 0.15) is 31.9 Å². The molecule has 0 N–H and O–H groups in total. The number of aliphatic imine (C=N–C) groups is 1. The second-order valence-electron chi connectivity index (χ2n) is 12.7. The number of hydrogen-bond donors (Lipinski definition) is 0. The average Bonchev–Trinajstić information content (AvgIpc) is 3.03. The third-order valence-electron chi connectivity index (χ3n) is 8.19. The molecular formula is C35H42F3NO7Si. The highest BCUT2D eigenvalue weighted by Gasteiger charge is 2.56. The molecule has 8 nitrogen and oxygen atoms in total. The summed E-state index contributed by atoms with van der Waals surface area (Å²) >= 11 is 0. The van der Waals surface area contributed by atoms with Gasteiger partial charge in [-0.1, -0.05) is 99.6 Å². The van der Waals surface area contributed by atoms with Crippen LogP contribution in [-0.2, 0) is 46.1 Å². The molecule has 5 atom stereocenters. The molecule has 0 spiro atoms. The number of alkyl halides is 3. The van der Waals surface area contributed by atoms with Crippen LogP contribution in [0.5, 0.6) is 0 Å². The number of esters is 1. The molecule has 0 amide bonds. The normalized spacial score (nSPS) is 22.5. The van der Waals surface area contributed by atoms with E-state index in [1.165, 1.54) is 19.2 Å². The maximum atomic E-state index is 14.5. The number of rotatable bonds is 11. The maximum absolute atomic E-state index is 14.5. The summed E-state index contributed by atoms with van der Waals surface area (Å²) in [5, 5.41) is -0.308. The zero-order valence-corrected chi connectivity index (χ0v) is 28.4. The van der Waals surface area contributed by atoms with Crippen LogP contribution in [0.3, 0.4) is 0 Å². The van der Waals surface area contributed by atoms with Crippen molar-refractivity contribution >= 4 is 25.9 Å². The van der Waals surface area contributed by atoms with Crippen LogP contribution < -0.4 is 0 Å². The van der Waals surface area contributed by atoms with Gasteiger partial charge in [0.05, 0.1) is 26.0 Å². The molecule has 254 valence electrons. The van der Waals surface area contributed by atoms with Crippen molar-refractivity contribution in [2.45, 2.75) is 89.0 Å². The Morgan fingerprint density at radius 1 is 0.787 bits per heavy atom. The number of benzene rings is 3. The molecule has 1 heterocycles. The zero-order valence-electron chi connectivity index (χ0n) is 27.4. The van der Waals surface area contributed by atoms with Gasteiger partial charge in [-0.15, -0.1) is 0 Å². The number of carbonyl (C=O) groups is 1.